The van der Waals surface area contributed by atoms with Gasteiger partial charge in [-0.05, 0) is 59.1 Å². The highest BCUT2D eigenvalue weighted by Crippen LogP contribution is 2.20. The van der Waals surface area contributed by atoms with Crippen molar-refractivity contribution < 1.29 is 4.79 Å². The molecular formula is C17H25N5OS2. The molecule has 1 heterocycles. The number of anilines is 2. The number of aryl methyl sites for hydroxylation is 1. The fraction of sp³-hybridized carbons (Fsp3) is 0.471. The minimum atomic E-state index is -0.236. The summed E-state index contributed by atoms with van der Waals surface area (Å²) in [5.41, 5.74) is 1.94. The van der Waals surface area contributed by atoms with Crippen LogP contribution in [0, 0.1) is 10.9 Å². The van der Waals surface area contributed by atoms with Gasteiger partial charge in [0, 0.05) is 11.2 Å². The van der Waals surface area contributed by atoms with Crippen molar-refractivity contribution in [1.82, 2.24) is 20.0 Å². The molecule has 8 heteroatoms. The molecular weight excluding hydrogens is 354 g/mol. The van der Waals surface area contributed by atoms with E-state index in [1.807, 2.05) is 63.9 Å². The van der Waals surface area contributed by atoms with Crippen molar-refractivity contribution in [3.8, 4) is 0 Å². The summed E-state index contributed by atoms with van der Waals surface area (Å²) in [6.45, 7) is 8.69. The summed E-state index contributed by atoms with van der Waals surface area (Å²) in [7, 11) is 1.87. The van der Waals surface area contributed by atoms with Crippen LogP contribution in [0.3, 0.4) is 0 Å². The zero-order valence-electron chi connectivity index (χ0n) is 15.3. The standard InChI is InChI=1S/C17H25N5OS2/c1-12-6-8-13(9-7-12)18-15-20-22(16(24)25-15)11-21(5)10-14(23)19-17(2,3)4/h6-9H,10-11H2,1-5H3,(H,18,20)(H,19,23). The summed E-state index contributed by atoms with van der Waals surface area (Å²) in [6.07, 6.45) is 0. The van der Waals surface area contributed by atoms with Crippen molar-refractivity contribution in [1.29, 1.82) is 0 Å². The number of hydrogen-bond acceptors (Lipinski definition) is 6. The van der Waals surface area contributed by atoms with Crippen LogP contribution in [-0.4, -0.2) is 39.7 Å². The molecule has 0 saturated carbocycles. The maximum Gasteiger partial charge on any atom is 0.234 e. The molecule has 25 heavy (non-hydrogen) atoms. The van der Waals surface area contributed by atoms with E-state index in [2.05, 4.69) is 15.7 Å². The van der Waals surface area contributed by atoms with Gasteiger partial charge in [-0.2, -0.15) is 0 Å². The van der Waals surface area contributed by atoms with Crippen molar-refractivity contribution in [2.45, 2.75) is 39.9 Å². The third kappa shape index (κ3) is 6.56. The third-order valence-corrected chi connectivity index (χ3v) is 4.44. The maximum atomic E-state index is 12.0. The molecule has 0 atom stereocenters. The van der Waals surface area contributed by atoms with Gasteiger partial charge in [-0.25, -0.2) is 4.68 Å². The van der Waals surface area contributed by atoms with E-state index in [1.54, 1.807) is 4.68 Å². The quantitative estimate of drug-likeness (QED) is 0.752. The van der Waals surface area contributed by atoms with Crippen LogP contribution >= 0.6 is 23.6 Å². The van der Waals surface area contributed by atoms with Crippen LogP contribution < -0.4 is 10.6 Å². The zero-order chi connectivity index (χ0) is 18.6. The summed E-state index contributed by atoms with van der Waals surface area (Å²) in [5, 5.41) is 11.4. The summed E-state index contributed by atoms with van der Waals surface area (Å²) in [6, 6.07) is 8.10. The first-order chi connectivity index (χ1) is 11.6. The Morgan fingerprint density at radius 2 is 1.96 bits per heavy atom. The highest BCUT2D eigenvalue weighted by Gasteiger charge is 2.15. The predicted octanol–water partition coefficient (Wildman–Crippen LogP) is 3.53. The average molecular weight is 380 g/mol. The summed E-state index contributed by atoms with van der Waals surface area (Å²) in [5.74, 6) is -0.0187. The van der Waals surface area contributed by atoms with Gasteiger partial charge in [0.25, 0.3) is 0 Å². The molecule has 1 aromatic carbocycles. The van der Waals surface area contributed by atoms with Crippen molar-refractivity contribution in [2.75, 3.05) is 18.9 Å². The van der Waals surface area contributed by atoms with E-state index in [-0.39, 0.29) is 18.0 Å². The van der Waals surface area contributed by atoms with E-state index in [4.69, 9.17) is 12.2 Å². The molecule has 2 N–H and O–H groups in total. The van der Waals surface area contributed by atoms with Crippen LogP contribution in [0.1, 0.15) is 26.3 Å². The molecule has 0 spiro atoms. The Bertz CT molecular complexity index is 774. The summed E-state index contributed by atoms with van der Waals surface area (Å²) >= 11 is 6.79. The molecule has 0 fully saturated rings. The number of nitrogens with zero attached hydrogens (tertiary/aromatic N) is 3. The number of amides is 1. The third-order valence-electron chi connectivity index (χ3n) is 3.21. The topological polar surface area (TPSA) is 62.2 Å². The second-order valence-electron chi connectivity index (χ2n) is 7.12. The fourth-order valence-corrected chi connectivity index (χ4v) is 3.20. The van der Waals surface area contributed by atoms with Gasteiger partial charge >= 0.3 is 0 Å². The summed E-state index contributed by atoms with van der Waals surface area (Å²) < 4.78 is 2.39. The lowest BCUT2D eigenvalue weighted by Crippen LogP contribution is -2.45. The minimum absolute atomic E-state index is 0.0187. The minimum Gasteiger partial charge on any atom is -0.350 e. The number of aromatic nitrogens is 2. The Hall–Kier alpha value is -1.77. The number of benzene rings is 1. The van der Waals surface area contributed by atoms with Gasteiger partial charge < -0.3 is 10.6 Å². The Morgan fingerprint density at radius 1 is 1.32 bits per heavy atom. The van der Waals surface area contributed by atoms with Crippen LogP contribution in [-0.2, 0) is 11.5 Å². The van der Waals surface area contributed by atoms with Gasteiger partial charge in [0.2, 0.25) is 11.0 Å². The molecule has 0 bridgehead atoms. The summed E-state index contributed by atoms with van der Waals surface area (Å²) in [4.78, 5) is 13.9. The van der Waals surface area contributed by atoms with Gasteiger partial charge in [-0.15, -0.1) is 5.10 Å². The van der Waals surface area contributed by atoms with Crippen molar-refractivity contribution in [2.24, 2.45) is 0 Å². The molecule has 136 valence electrons. The number of carbonyl (C=O) groups is 1. The Kier molecular flexibility index (Phi) is 6.31. The first-order valence-corrected chi connectivity index (χ1v) is 9.26. The van der Waals surface area contributed by atoms with Crippen LogP contribution in [0.25, 0.3) is 0 Å². The molecule has 0 aliphatic heterocycles. The largest absolute Gasteiger partial charge is 0.350 e. The van der Waals surface area contributed by atoms with E-state index in [0.717, 1.165) is 10.8 Å². The van der Waals surface area contributed by atoms with E-state index >= 15 is 0 Å². The van der Waals surface area contributed by atoms with Gasteiger partial charge in [0.15, 0.2) is 3.95 Å². The zero-order valence-corrected chi connectivity index (χ0v) is 16.9. The lowest BCUT2D eigenvalue weighted by atomic mass is 10.1. The fourth-order valence-electron chi connectivity index (χ4n) is 2.19. The Labute approximate surface area is 157 Å². The van der Waals surface area contributed by atoms with Crippen LogP contribution in [0.5, 0.6) is 0 Å². The SMILES string of the molecule is Cc1ccc(Nc2nn(CN(C)CC(=O)NC(C)(C)C)c(=S)s2)cc1. The van der Waals surface area contributed by atoms with Crippen molar-refractivity contribution in [3.05, 3.63) is 33.8 Å². The predicted molar refractivity (Wildman–Crippen MR) is 106 cm³/mol. The molecule has 1 amide bonds. The number of nitrogens with one attached hydrogen (secondary N) is 2. The van der Waals surface area contributed by atoms with Gasteiger partial charge in [-0.1, -0.05) is 29.0 Å². The molecule has 0 unspecified atom stereocenters. The molecule has 2 rings (SSSR count). The number of hydrogen-bond donors (Lipinski definition) is 2. The second-order valence-corrected chi connectivity index (χ2v) is 8.74. The molecule has 0 saturated heterocycles. The number of carbonyl (C=O) groups excluding carboxylic acids is 1. The molecule has 0 aliphatic carbocycles. The number of likely N-dealkylation sites (N-methyl/N-ethyl adjacent to an activating group) is 1. The van der Waals surface area contributed by atoms with Gasteiger partial charge in [0.05, 0.1) is 13.2 Å². The Balaban J connectivity index is 1.96. The highest BCUT2D eigenvalue weighted by molar-refractivity contribution is 7.73. The second kappa shape index (κ2) is 8.07. The lowest BCUT2D eigenvalue weighted by molar-refractivity contribution is -0.123. The van der Waals surface area contributed by atoms with Crippen LogP contribution in [0.15, 0.2) is 24.3 Å². The molecule has 0 radical (unpaired) electrons. The van der Waals surface area contributed by atoms with E-state index in [0.29, 0.717) is 10.6 Å². The van der Waals surface area contributed by atoms with E-state index in [1.165, 1.54) is 16.9 Å². The van der Waals surface area contributed by atoms with Crippen LogP contribution in [0.2, 0.25) is 0 Å². The Morgan fingerprint density at radius 3 is 2.56 bits per heavy atom. The lowest BCUT2D eigenvalue weighted by Gasteiger charge is -2.23. The highest BCUT2D eigenvalue weighted by atomic mass is 32.1. The smallest absolute Gasteiger partial charge is 0.234 e. The van der Waals surface area contributed by atoms with Gasteiger partial charge in [-0.3, -0.25) is 9.69 Å². The maximum absolute atomic E-state index is 12.0. The van der Waals surface area contributed by atoms with Gasteiger partial charge in [0.1, 0.15) is 0 Å². The van der Waals surface area contributed by atoms with Crippen molar-refractivity contribution in [3.63, 3.8) is 0 Å². The molecule has 1 aromatic heterocycles. The first-order valence-electron chi connectivity index (χ1n) is 8.03. The monoisotopic (exact) mass is 379 g/mol. The van der Waals surface area contributed by atoms with E-state index in [9.17, 15) is 4.79 Å². The average Bonchev–Trinajstić information content (AvgIpc) is 2.79. The number of rotatable bonds is 6. The van der Waals surface area contributed by atoms with E-state index < -0.39 is 0 Å². The molecule has 0 aliphatic rings. The first kappa shape index (κ1) is 19.6. The van der Waals surface area contributed by atoms with Crippen molar-refractivity contribution >= 4 is 40.3 Å². The normalized spacial score (nSPS) is 11.6. The van der Waals surface area contributed by atoms with Crippen LogP contribution in [0.4, 0.5) is 10.8 Å². The molecule has 2 aromatic rings. The molecule has 6 nitrogen and oxygen atoms in total.